The number of carbonyl (C=O) groups excluding carboxylic acids is 1. The molecule has 1 saturated carbocycles. The van der Waals surface area contributed by atoms with Gasteiger partial charge in [-0.05, 0) is 55.3 Å². The molecule has 1 N–H and O–H groups in total. The summed E-state index contributed by atoms with van der Waals surface area (Å²) < 4.78 is 66.8. The van der Waals surface area contributed by atoms with Crippen LogP contribution in [0.4, 0.5) is 18.9 Å². The summed E-state index contributed by atoms with van der Waals surface area (Å²) >= 11 is 11.8. The van der Waals surface area contributed by atoms with Gasteiger partial charge in [-0.2, -0.15) is 17.5 Å². The van der Waals surface area contributed by atoms with Gasteiger partial charge in [0.05, 0.1) is 27.7 Å². The number of halogens is 5. The molecule has 0 atom stereocenters. The van der Waals surface area contributed by atoms with Gasteiger partial charge in [-0.15, -0.1) is 0 Å². The Labute approximate surface area is 194 Å². The lowest BCUT2D eigenvalue weighted by atomic mass is 9.95. The lowest BCUT2D eigenvalue weighted by Gasteiger charge is -2.33. The number of sulfonamides is 1. The van der Waals surface area contributed by atoms with Gasteiger partial charge in [0, 0.05) is 11.1 Å². The van der Waals surface area contributed by atoms with Gasteiger partial charge < -0.3 is 5.32 Å². The number of anilines is 1. The minimum absolute atomic E-state index is 0.0163. The molecule has 0 aliphatic heterocycles. The molecule has 0 heterocycles. The van der Waals surface area contributed by atoms with Gasteiger partial charge in [-0.25, -0.2) is 8.42 Å². The fourth-order valence-corrected chi connectivity index (χ4v) is 5.58. The number of nitrogens with zero attached hydrogens (tertiary/aromatic N) is 1. The molecule has 0 radical (unpaired) electrons. The molecule has 1 aliphatic rings. The quantitative estimate of drug-likeness (QED) is 0.522. The van der Waals surface area contributed by atoms with Crippen LogP contribution in [0.1, 0.15) is 37.7 Å². The van der Waals surface area contributed by atoms with Gasteiger partial charge >= 0.3 is 6.18 Å². The van der Waals surface area contributed by atoms with Crippen LogP contribution >= 0.6 is 23.2 Å². The van der Waals surface area contributed by atoms with E-state index < -0.39 is 40.3 Å². The van der Waals surface area contributed by atoms with Crippen LogP contribution in [0.25, 0.3) is 0 Å². The van der Waals surface area contributed by atoms with Gasteiger partial charge in [0.25, 0.3) is 0 Å². The van der Waals surface area contributed by atoms with Crippen molar-refractivity contribution in [3.8, 4) is 0 Å². The van der Waals surface area contributed by atoms with Gasteiger partial charge in [0.1, 0.15) is 0 Å². The number of hydrogen-bond acceptors (Lipinski definition) is 3. The van der Waals surface area contributed by atoms with E-state index in [2.05, 4.69) is 5.32 Å². The van der Waals surface area contributed by atoms with Crippen molar-refractivity contribution in [1.29, 1.82) is 0 Å². The fraction of sp³-hybridized carbons (Fsp3) is 0.381. The highest BCUT2D eigenvalue weighted by Crippen LogP contribution is 2.34. The van der Waals surface area contributed by atoms with Crippen LogP contribution in [0.15, 0.2) is 47.4 Å². The Kier molecular flexibility index (Phi) is 7.75. The molecule has 2 aromatic carbocycles. The number of benzene rings is 2. The van der Waals surface area contributed by atoms with Crippen LogP contribution in [0.2, 0.25) is 10.0 Å². The molecule has 3 rings (SSSR count). The first kappa shape index (κ1) is 24.8. The summed E-state index contributed by atoms with van der Waals surface area (Å²) in [4.78, 5) is 12.7. The molecule has 0 aromatic heterocycles. The maximum absolute atomic E-state index is 13.3. The molecular formula is C21H21Cl2F3N2O3S. The smallest absolute Gasteiger partial charge is 0.324 e. The van der Waals surface area contributed by atoms with Gasteiger partial charge in [-0.3, -0.25) is 4.79 Å². The highest BCUT2D eigenvalue weighted by atomic mass is 35.5. The second-order valence-corrected chi connectivity index (χ2v) is 10.3. The average molecular weight is 509 g/mol. The summed E-state index contributed by atoms with van der Waals surface area (Å²) in [5.41, 5.74) is -1.21. The second kappa shape index (κ2) is 9.99. The van der Waals surface area contributed by atoms with Crippen molar-refractivity contribution in [3.05, 3.63) is 58.1 Å². The number of carbonyl (C=O) groups is 1. The van der Waals surface area contributed by atoms with Crippen molar-refractivity contribution >= 4 is 44.8 Å². The summed E-state index contributed by atoms with van der Waals surface area (Å²) in [6, 6.07) is 7.75. The van der Waals surface area contributed by atoms with Crippen LogP contribution in [0.5, 0.6) is 0 Å². The molecule has 0 bridgehead atoms. The molecule has 32 heavy (non-hydrogen) atoms. The zero-order chi connectivity index (χ0) is 23.5. The Morgan fingerprint density at radius 3 is 2.25 bits per heavy atom. The van der Waals surface area contributed by atoms with E-state index in [9.17, 15) is 26.4 Å². The summed E-state index contributed by atoms with van der Waals surface area (Å²) in [6.07, 6.45) is -0.834. The zero-order valence-electron chi connectivity index (χ0n) is 16.8. The highest BCUT2D eigenvalue weighted by Gasteiger charge is 2.35. The van der Waals surface area contributed by atoms with Crippen LogP contribution in [-0.4, -0.2) is 31.2 Å². The molecular weight excluding hydrogens is 488 g/mol. The largest absolute Gasteiger partial charge is 0.416 e. The lowest BCUT2D eigenvalue weighted by Crippen LogP contribution is -2.45. The van der Waals surface area contributed by atoms with E-state index >= 15 is 0 Å². The summed E-state index contributed by atoms with van der Waals surface area (Å²) in [7, 11) is -4.05. The number of nitrogens with one attached hydrogen (secondary N) is 1. The third kappa shape index (κ3) is 5.95. The van der Waals surface area contributed by atoms with E-state index in [1.54, 1.807) is 0 Å². The van der Waals surface area contributed by atoms with Crippen molar-refractivity contribution in [2.45, 2.75) is 49.2 Å². The molecule has 0 unspecified atom stereocenters. The zero-order valence-corrected chi connectivity index (χ0v) is 19.2. The molecule has 11 heteroatoms. The molecule has 1 aliphatic carbocycles. The predicted molar refractivity (Wildman–Crippen MR) is 117 cm³/mol. The third-order valence-corrected chi connectivity index (χ3v) is 7.76. The maximum Gasteiger partial charge on any atom is 0.416 e. The number of rotatable bonds is 6. The Bertz CT molecular complexity index is 1070. The van der Waals surface area contributed by atoms with E-state index in [0.717, 1.165) is 41.8 Å². The number of hydrogen-bond donors (Lipinski definition) is 1. The third-order valence-electron chi connectivity index (χ3n) is 5.27. The molecule has 0 spiro atoms. The van der Waals surface area contributed by atoms with E-state index in [0.29, 0.717) is 17.9 Å². The van der Waals surface area contributed by atoms with E-state index in [4.69, 9.17) is 23.2 Å². The van der Waals surface area contributed by atoms with Crippen molar-refractivity contribution in [3.63, 3.8) is 0 Å². The van der Waals surface area contributed by atoms with Gasteiger partial charge in [0.15, 0.2) is 0 Å². The van der Waals surface area contributed by atoms with Crippen molar-refractivity contribution < 1.29 is 26.4 Å². The van der Waals surface area contributed by atoms with Crippen molar-refractivity contribution in [1.82, 2.24) is 4.31 Å². The second-order valence-electron chi connectivity index (χ2n) is 7.54. The first-order valence-corrected chi connectivity index (χ1v) is 12.1. The molecule has 0 saturated heterocycles. The lowest BCUT2D eigenvalue weighted by molar-refractivity contribution is -0.137. The maximum atomic E-state index is 13.3. The SMILES string of the molecule is O=C(CN(C1CCCCC1)S(=O)(=O)c1ccc(Cl)cc1)Nc1cc(C(F)(F)F)ccc1Cl. The number of alkyl halides is 3. The highest BCUT2D eigenvalue weighted by molar-refractivity contribution is 7.89. The minimum Gasteiger partial charge on any atom is -0.324 e. The van der Waals surface area contributed by atoms with Crippen LogP contribution in [0, 0.1) is 0 Å². The average Bonchev–Trinajstić information content (AvgIpc) is 2.73. The Morgan fingerprint density at radius 2 is 1.66 bits per heavy atom. The van der Waals surface area contributed by atoms with E-state index in [1.807, 2.05) is 0 Å². The Morgan fingerprint density at radius 1 is 1.03 bits per heavy atom. The molecule has 174 valence electrons. The van der Waals surface area contributed by atoms with Gasteiger partial charge in [0.2, 0.25) is 15.9 Å². The minimum atomic E-state index is -4.61. The van der Waals surface area contributed by atoms with Gasteiger partial charge in [-0.1, -0.05) is 42.5 Å². The summed E-state index contributed by atoms with van der Waals surface area (Å²) in [6.45, 7) is -0.553. The summed E-state index contributed by atoms with van der Waals surface area (Å²) in [5, 5.41) is 2.61. The molecule has 1 fully saturated rings. The van der Waals surface area contributed by atoms with Crippen LogP contribution < -0.4 is 5.32 Å². The van der Waals surface area contributed by atoms with Crippen LogP contribution in [-0.2, 0) is 21.0 Å². The predicted octanol–water partition coefficient (Wildman–Crippen LogP) is 5.97. The van der Waals surface area contributed by atoms with Crippen molar-refractivity contribution in [2.75, 3.05) is 11.9 Å². The Balaban J connectivity index is 1.87. The fourth-order valence-electron chi connectivity index (χ4n) is 3.65. The molecule has 1 amide bonds. The molecule has 2 aromatic rings. The van der Waals surface area contributed by atoms with E-state index in [1.165, 1.54) is 24.3 Å². The topological polar surface area (TPSA) is 66.5 Å². The monoisotopic (exact) mass is 508 g/mol. The standard InChI is InChI=1S/C21H21Cl2F3N2O3S/c22-15-7-9-17(10-8-15)32(30,31)28(16-4-2-1-3-5-16)13-20(29)27-19-12-14(21(24,25)26)6-11-18(19)23/h6-12,16H,1-5,13H2,(H,27,29). The summed E-state index contributed by atoms with van der Waals surface area (Å²) in [5.74, 6) is -0.783. The van der Waals surface area contributed by atoms with Crippen LogP contribution in [0.3, 0.4) is 0 Å². The van der Waals surface area contributed by atoms with Crippen molar-refractivity contribution in [2.24, 2.45) is 0 Å². The van der Waals surface area contributed by atoms with E-state index in [-0.39, 0.29) is 15.6 Å². The molecule has 5 nitrogen and oxygen atoms in total. The first-order valence-electron chi connectivity index (χ1n) is 9.92. The normalized spacial score (nSPS) is 15.7. The number of amides is 1. The first-order chi connectivity index (χ1) is 15.0. The Hall–Kier alpha value is -1.81.